The van der Waals surface area contributed by atoms with Gasteiger partial charge in [-0.25, -0.2) is 0 Å². The molecule has 0 aromatic heterocycles. The van der Waals surface area contributed by atoms with Crippen LogP contribution in [-0.2, 0) is 14.4 Å². The number of nitrogens with one attached hydrogen (secondary N) is 1. The second-order valence-electron chi connectivity index (χ2n) is 6.82. The highest BCUT2D eigenvalue weighted by atomic mass is 16.5. The Morgan fingerprint density at radius 3 is 2.11 bits per heavy atom. The molecule has 2 aliphatic rings. The first-order valence-electron chi connectivity index (χ1n) is 9.11. The third-order valence-electron chi connectivity index (χ3n) is 5.15. The van der Waals surface area contributed by atoms with Gasteiger partial charge in [-0.1, -0.05) is 0 Å². The molecule has 1 saturated heterocycles. The second-order valence-corrected chi connectivity index (χ2v) is 6.82. The van der Waals surface area contributed by atoms with E-state index < -0.39 is 0 Å². The minimum Gasteiger partial charge on any atom is -0.493 e. The summed E-state index contributed by atoms with van der Waals surface area (Å²) in [6.07, 6.45) is 1.33. The quantitative estimate of drug-likeness (QED) is 0.683. The standard InChI is InChI=1S/C19H25N3O6/c1-26-15-8-12(9-16(27-2)17(15)28-3)20-18(24)13-10-14(13)19(25)22-6-4-21(11-23)5-7-22/h8-9,11,13-14H,4-7,10H2,1-3H3,(H,20,24). The van der Waals surface area contributed by atoms with Crippen LogP contribution in [0.5, 0.6) is 17.2 Å². The van der Waals surface area contributed by atoms with Crippen molar-refractivity contribution in [1.29, 1.82) is 0 Å². The van der Waals surface area contributed by atoms with Crippen molar-refractivity contribution in [3.8, 4) is 17.2 Å². The highest BCUT2D eigenvalue weighted by Crippen LogP contribution is 2.43. The van der Waals surface area contributed by atoms with Crippen molar-refractivity contribution in [2.75, 3.05) is 52.8 Å². The van der Waals surface area contributed by atoms with Gasteiger partial charge in [0.25, 0.3) is 0 Å². The summed E-state index contributed by atoms with van der Waals surface area (Å²) in [6, 6.07) is 3.30. The zero-order valence-corrected chi connectivity index (χ0v) is 16.3. The monoisotopic (exact) mass is 391 g/mol. The van der Waals surface area contributed by atoms with E-state index in [0.717, 1.165) is 6.41 Å². The molecule has 1 saturated carbocycles. The van der Waals surface area contributed by atoms with Gasteiger partial charge in [-0.3, -0.25) is 14.4 Å². The van der Waals surface area contributed by atoms with Crippen molar-refractivity contribution in [3.63, 3.8) is 0 Å². The van der Waals surface area contributed by atoms with Gasteiger partial charge in [0.05, 0.1) is 33.2 Å². The number of rotatable bonds is 7. The Morgan fingerprint density at radius 2 is 1.61 bits per heavy atom. The molecule has 9 nitrogen and oxygen atoms in total. The Hall–Kier alpha value is -2.97. The summed E-state index contributed by atoms with van der Waals surface area (Å²) in [5.74, 6) is 0.439. The molecule has 3 rings (SSSR count). The lowest BCUT2D eigenvalue weighted by molar-refractivity contribution is -0.137. The van der Waals surface area contributed by atoms with Gasteiger partial charge in [-0.15, -0.1) is 0 Å². The van der Waals surface area contributed by atoms with Crippen molar-refractivity contribution < 1.29 is 28.6 Å². The van der Waals surface area contributed by atoms with Crippen LogP contribution in [0.4, 0.5) is 5.69 Å². The minimum absolute atomic E-state index is 0.0180. The number of piperazine rings is 1. The maximum absolute atomic E-state index is 12.6. The molecule has 1 aliphatic heterocycles. The summed E-state index contributed by atoms with van der Waals surface area (Å²) in [6.45, 7) is 2.08. The number of carbonyl (C=O) groups is 3. The van der Waals surface area contributed by atoms with Gasteiger partial charge in [-0.05, 0) is 6.42 Å². The molecule has 0 bridgehead atoms. The van der Waals surface area contributed by atoms with Crippen LogP contribution < -0.4 is 19.5 Å². The largest absolute Gasteiger partial charge is 0.493 e. The lowest BCUT2D eigenvalue weighted by Crippen LogP contribution is -2.48. The summed E-state index contributed by atoms with van der Waals surface area (Å²) in [4.78, 5) is 39.3. The Balaban J connectivity index is 1.61. The molecule has 2 fully saturated rings. The van der Waals surface area contributed by atoms with E-state index in [0.29, 0.717) is 55.5 Å². The molecule has 2 atom stereocenters. The Labute approximate surface area is 163 Å². The van der Waals surface area contributed by atoms with Gasteiger partial charge < -0.3 is 29.3 Å². The Kier molecular flexibility index (Phi) is 5.91. The van der Waals surface area contributed by atoms with Crippen LogP contribution >= 0.6 is 0 Å². The molecule has 3 amide bonds. The fourth-order valence-electron chi connectivity index (χ4n) is 3.43. The van der Waals surface area contributed by atoms with Crippen molar-refractivity contribution in [3.05, 3.63) is 12.1 Å². The first-order valence-corrected chi connectivity index (χ1v) is 9.11. The number of methoxy groups -OCH3 is 3. The van der Waals surface area contributed by atoms with Crippen molar-refractivity contribution in [1.82, 2.24) is 9.80 Å². The zero-order valence-electron chi connectivity index (χ0n) is 16.3. The van der Waals surface area contributed by atoms with E-state index in [9.17, 15) is 14.4 Å². The van der Waals surface area contributed by atoms with Crippen LogP contribution in [0.1, 0.15) is 6.42 Å². The molecular formula is C19H25N3O6. The molecular weight excluding hydrogens is 366 g/mol. The molecule has 9 heteroatoms. The van der Waals surface area contributed by atoms with Gasteiger partial charge in [0.1, 0.15) is 0 Å². The normalized spacial score (nSPS) is 21.0. The number of hydrogen-bond acceptors (Lipinski definition) is 6. The Morgan fingerprint density at radius 1 is 1.00 bits per heavy atom. The minimum atomic E-state index is -0.351. The van der Waals surface area contributed by atoms with Crippen LogP contribution in [-0.4, -0.2) is 75.5 Å². The molecule has 152 valence electrons. The number of benzene rings is 1. The number of ether oxygens (including phenoxy) is 3. The number of amides is 3. The zero-order chi connectivity index (χ0) is 20.3. The van der Waals surface area contributed by atoms with E-state index in [1.165, 1.54) is 21.3 Å². The molecule has 1 aliphatic carbocycles. The maximum Gasteiger partial charge on any atom is 0.228 e. The first-order chi connectivity index (χ1) is 13.5. The summed E-state index contributed by atoms with van der Waals surface area (Å²) in [5.41, 5.74) is 0.511. The van der Waals surface area contributed by atoms with Gasteiger partial charge in [0.2, 0.25) is 24.0 Å². The summed E-state index contributed by atoms with van der Waals surface area (Å²) in [5, 5.41) is 2.83. The summed E-state index contributed by atoms with van der Waals surface area (Å²) < 4.78 is 15.8. The van der Waals surface area contributed by atoms with Crippen molar-refractivity contribution in [2.24, 2.45) is 11.8 Å². The molecule has 2 unspecified atom stereocenters. The van der Waals surface area contributed by atoms with E-state index in [-0.39, 0.29) is 23.7 Å². The maximum atomic E-state index is 12.6. The van der Waals surface area contributed by atoms with Gasteiger partial charge >= 0.3 is 0 Å². The van der Waals surface area contributed by atoms with Crippen LogP contribution in [0.25, 0.3) is 0 Å². The summed E-state index contributed by atoms with van der Waals surface area (Å²) >= 11 is 0. The van der Waals surface area contributed by atoms with Crippen LogP contribution in [0.15, 0.2) is 12.1 Å². The summed E-state index contributed by atoms with van der Waals surface area (Å²) in [7, 11) is 4.51. The van der Waals surface area contributed by atoms with Crippen molar-refractivity contribution >= 4 is 23.9 Å². The lowest BCUT2D eigenvalue weighted by atomic mass is 10.2. The van der Waals surface area contributed by atoms with E-state index >= 15 is 0 Å². The van der Waals surface area contributed by atoms with Gasteiger partial charge in [-0.2, -0.15) is 0 Å². The number of carbonyl (C=O) groups excluding carboxylic acids is 3. The fourth-order valence-corrected chi connectivity index (χ4v) is 3.43. The van der Waals surface area contributed by atoms with E-state index in [2.05, 4.69) is 5.32 Å². The predicted molar refractivity (Wildman–Crippen MR) is 101 cm³/mol. The molecule has 1 N–H and O–H groups in total. The van der Waals surface area contributed by atoms with Gasteiger partial charge in [0.15, 0.2) is 11.5 Å². The van der Waals surface area contributed by atoms with Crippen molar-refractivity contribution in [2.45, 2.75) is 6.42 Å². The van der Waals surface area contributed by atoms with E-state index in [1.54, 1.807) is 21.9 Å². The average Bonchev–Trinajstić information content (AvgIpc) is 3.53. The third kappa shape index (κ3) is 3.97. The number of nitrogens with zero attached hydrogens (tertiary/aromatic N) is 2. The smallest absolute Gasteiger partial charge is 0.228 e. The molecule has 0 radical (unpaired) electrons. The Bertz CT molecular complexity index is 735. The third-order valence-corrected chi connectivity index (χ3v) is 5.15. The lowest BCUT2D eigenvalue weighted by Gasteiger charge is -2.32. The molecule has 28 heavy (non-hydrogen) atoms. The highest BCUT2D eigenvalue weighted by molar-refractivity contribution is 6.00. The topological polar surface area (TPSA) is 97.4 Å². The van der Waals surface area contributed by atoms with Crippen LogP contribution in [0.2, 0.25) is 0 Å². The van der Waals surface area contributed by atoms with Crippen LogP contribution in [0.3, 0.4) is 0 Å². The number of hydrogen-bond donors (Lipinski definition) is 1. The van der Waals surface area contributed by atoms with E-state index in [4.69, 9.17) is 14.2 Å². The van der Waals surface area contributed by atoms with Crippen LogP contribution in [0, 0.1) is 11.8 Å². The average molecular weight is 391 g/mol. The van der Waals surface area contributed by atoms with E-state index in [1.807, 2.05) is 0 Å². The molecule has 0 spiro atoms. The highest BCUT2D eigenvalue weighted by Gasteiger charge is 2.49. The molecule has 1 aromatic rings. The SMILES string of the molecule is COc1cc(NC(=O)C2CC2C(=O)N2CCN(C=O)CC2)cc(OC)c1OC. The predicted octanol–water partition coefficient (Wildman–Crippen LogP) is 0.588. The first kappa shape index (κ1) is 19.8. The van der Waals surface area contributed by atoms with Gasteiger partial charge in [0, 0.05) is 44.0 Å². The number of anilines is 1. The molecule has 1 heterocycles. The fraction of sp³-hybridized carbons (Fsp3) is 0.526. The molecule has 1 aromatic carbocycles. The second kappa shape index (κ2) is 8.37.